The lowest BCUT2D eigenvalue weighted by atomic mass is 9.79. The summed E-state index contributed by atoms with van der Waals surface area (Å²) in [6, 6.07) is 19.1. The third-order valence-corrected chi connectivity index (χ3v) is 7.31. The summed E-state index contributed by atoms with van der Waals surface area (Å²) < 4.78 is 10.9. The first-order chi connectivity index (χ1) is 19.7. The minimum absolute atomic E-state index is 0.0465. The molecule has 0 saturated carbocycles. The van der Waals surface area contributed by atoms with Crippen molar-refractivity contribution in [3.63, 3.8) is 0 Å². The van der Waals surface area contributed by atoms with Crippen LogP contribution in [0.5, 0.6) is 17.2 Å². The molecule has 3 aromatic rings. The minimum atomic E-state index is -1.53. The van der Waals surface area contributed by atoms with Gasteiger partial charge < -0.3 is 24.6 Å². The maximum absolute atomic E-state index is 12.6. The Labute approximate surface area is 239 Å². The quantitative estimate of drug-likeness (QED) is 0.259. The number of methoxy groups -OCH3 is 2. The van der Waals surface area contributed by atoms with Gasteiger partial charge in [0.05, 0.1) is 14.2 Å². The third kappa shape index (κ3) is 6.41. The van der Waals surface area contributed by atoms with Crippen LogP contribution in [0.2, 0.25) is 0 Å². The Morgan fingerprint density at radius 2 is 1.46 bits per heavy atom. The highest BCUT2D eigenvalue weighted by Crippen LogP contribution is 2.39. The molecule has 0 aliphatic carbocycles. The van der Waals surface area contributed by atoms with E-state index in [1.54, 1.807) is 62.6 Å². The number of nitrogens with zero attached hydrogens (tertiary/aromatic N) is 2. The smallest absolute Gasteiger partial charge is 0.253 e. The molecule has 41 heavy (non-hydrogen) atoms. The van der Waals surface area contributed by atoms with Gasteiger partial charge in [0.15, 0.2) is 0 Å². The van der Waals surface area contributed by atoms with E-state index in [4.69, 9.17) is 9.47 Å². The first kappa shape index (κ1) is 29.4. The number of rotatable bonds is 12. The Kier molecular flexibility index (Phi) is 9.09. The molecule has 0 radical (unpaired) electrons. The summed E-state index contributed by atoms with van der Waals surface area (Å²) in [4.78, 5) is 38.7. The molecule has 214 valence electrons. The number of phenolic OH excluding ortho intramolecular Hbond substituents is 1. The summed E-state index contributed by atoms with van der Waals surface area (Å²) in [6.07, 6.45) is 3.64. The van der Waals surface area contributed by atoms with E-state index in [0.29, 0.717) is 47.6 Å². The van der Waals surface area contributed by atoms with Crippen LogP contribution in [-0.2, 0) is 26.4 Å². The number of aromatic hydroxyl groups is 1. The van der Waals surface area contributed by atoms with Gasteiger partial charge in [0.1, 0.15) is 22.8 Å². The van der Waals surface area contributed by atoms with Crippen molar-refractivity contribution < 1.29 is 34.1 Å². The van der Waals surface area contributed by atoms with Crippen molar-refractivity contribution in [3.8, 4) is 17.2 Å². The van der Waals surface area contributed by atoms with Crippen LogP contribution in [0.3, 0.4) is 0 Å². The fourth-order valence-electron chi connectivity index (χ4n) is 4.92. The van der Waals surface area contributed by atoms with Crippen molar-refractivity contribution in [2.45, 2.75) is 24.9 Å². The van der Waals surface area contributed by atoms with Crippen molar-refractivity contribution in [2.24, 2.45) is 0 Å². The second kappa shape index (κ2) is 12.7. The SMILES string of the molecule is COc1ccc(C(O)(c2ccc(O)cc2)c2ccc(OC)c(CCCN(C)C(=O)CCN3C(=O)C=CC3=O)c2)cc1. The third-order valence-electron chi connectivity index (χ3n) is 7.31. The van der Waals surface area contributed by atoms with Gasteiger partial charge in [0.25, 0.3) is 11.8 Å². The zero-order chi connectivity index (χ0) is 29.6. The van der Waals surface area contributed by atoms with Crippen LogP contribution in [0, 0.1) is 0 Å². The van der Waals surface area contributed by atoms with E-state index in [1.165, 1.54) is 24.3 Å². The van der Waals surface area contributed by atoms with E-state index in [1.807, 2.05) is 18.2 Å². The van der Waals surface area contributed by atoms with Crippen molar-refractivity contribution >= 4 is 17.7 Å². The molecule has 9 heteroatoms. The molecule has 3 aromatic carbocycles. The lowest BCUT2D eigenvalue weighted by molar-refractivity contribution is -0.137. The molecule has 1 aliphatic heterocycles. The summed E-state index contributed by atoms with van der Waals surface area (Å²) in [5.74, 6) is 0.434. The zero-order valence-corrected chi connectivity index (χ0v) is 23.4. The first-order valence-corrected chi connectivity index (χ1v) is 13.3. The Balaban J connectivity index is 1.52. The number of aliphatic hydroxyl groups is 1. The number of amides is 3. The molecule has 1 unspecified atom stereocenters. The highest BCUT2D eigenvalue weighted by Gasteiger charge is 2.34. The van der Waals surface area contributed by atoms with Crippen LogP contribution in [0.15, 0.2) is 78.9 Å². The van der Waals surface area contributed by atoms with Gasteiger partial charge >= 0.3 is 0 Å². The monoisotopic (exact) mass is 558 g/mol. The molecule has 3 amide bonds. The Bertz CT molecular complexity index is 1420. The summed E-state index contributed by atoms with van der Waals surface area (Å²) in [7, 11) is 4.85. The average molecular weight is 559 g/mol. The van der Waals surface area contributed by atoms with E-state index in [-0.39, 0.29) is 24.6 Å². The summed E-state index contributed by atoms with van der Waals surface area (Å²) in [5, 5.41) is 22.1. The molecule has 2 N–H and O–H groups in total. The Hall–Kier alpha value is -4.63. The number of imide groups is 1. The standard InChI is InChI=1S/C32H34N2O7/c1-33(29(36)18-20-34-30(37)16-17-31(34)38)19-4-5-22-21-25(10-15-28(22)41-3)32(39,23-6-11-26(35)12-7-23)24-8-13-27(40-2)14-9-24/h6-17,21,35,39H,4-5,18-20H2,1-3H3. The molecule has 0 aromatic heterocycles. The Morgan fingerprint density at radius 3 is 2.05 bits per heavy atom. The Morgan fingerprint density at radius 1 is 0.878 bits per heavy atom. The second-order valence-corrected chi connectivity index (χ2v) is 9.84. The molecule has 0 spiro atoms. The number of aryl methyl sites for hydroxylation is 1. The van der Waals surface area contributed by atoms with Gasteiger partial charge in [-0.2, -0.15) is 0 Å². The zero-order valence-electron chi connectivity index (χ0n) is 23.4. The normalized spacial score (nSPS) is 14.2. The highest BCUT2D eigenvalue weighted by molar-refractivity contribution is 6.13. The predicted molar refractivity (Wildman–Crippen MR) is 153 cm³/mol. The van der Waals surface area contributed by atoms with Crippen molar-refractivity contribution in [2.75, 3.05) is 34.4 Å². The first-order valence-electron chi connectivity index (χ1n) is 13.3. The minimum Gasteiger partial charge on any atom is -0.508 e. The van der Waals surface area contributed by atoms with Gasteiger partial charge in [-0.25, -0.2) is 0 Å². The van der Waals surface area contributed by atoms with E-state index in [0.717, 1.165) is 10.5 Å². The molecule has 1 aliphatic rings. The van der Waals surface area contributed by atoms with Crippen LogP contribution < -0.4 is 9.47 Å². The second-order valence-electron chi connectivity index (χ2n) is 9.84. The number of phenols is 1. The molecular weight excluding hydrogens is 524 g/mol. The fraction of sp³-hybridized carbons (Fsp3) is 0.281. The van der Waals surface area contributed by atoms with Gasteiger partial charge in [0.2, 0.25) is 5.91 Å². The molecular formula is C32H34N2O7. The maximum Gasteiger partial charge on any atom is 0.253 e. The van der Waals surface area contributed by atoms with Crippen LogP contribution in [0.4, 0.5) is 0 Å². The number of benzene rings is 3. The van der Waals surface area contributed by atoms with Crippen LogP contribution in [0.25, 0.3) is 0 Å². The summed E-state index contributed by atoms with van der Waals surface area (Å²) in [6.45, 7) is 0.498. The number of hydrogen-bond donors (Lipinski definition) is 2. The largest absolute Gasteiger partial charge is 0.508 e. The van der Waals surface area contributed by atoms with Gasteiger partial charge in [0, 0.05) is 38.7 Å². The summed E-state index contributed by atoms with van der Waals surface area (Å²) >= 11 is 0. The molecule has 0 bridgehead atoms. The van der Waals surface area contributed by atoms with Gasteiger partial charge in [-0.05, 0) is 71.5 Å². The average Bonchev–Trinajstić information content (AvgIpc) is 3.31. The van der Waals surface area contributed by atoms with Gasteiger partial charge in [-0.3, -0.25) is 19.3 Å². The van der Waals surface area contributed by atoms with E-state index in [9.17, 15) is 24.6 Å². The van der Waals surface area contributed by atoms with Gasteiger partial charge in [-0.1, -0.05) is 30.3 Å². The number of carbonyl (C=O) groups is 3. The van der Waals surface area contributed by atoms with Crippen LogP contribution in [0.1, 0.15) is 35.1 Å². The summed E-state index contributed by atoms with van der Waals surface area (Å²) in [5.41, 5.74) is 1.13. The number of hydrogen-bond acceptors (Lipinski definition) is 7. The fourth-order valence-corrected chi connectivity index (χ4v) is 4.92. The molecule has 9 nitrogen and oxygen atoms in total. The van der Waals surface area contributed by atoms with Crippen LogP contribution >= 0.6 is 0 Å². The van der Waals surface area contributed by atoms with Gasteiger partial charge in [-0.15, -0.1) is 0 Å². The van der Waals surface area contributed by atoms with Crippen molar-refractivity contribution in [3.05, 3.63) is 101 Å². The lowest BCUT2D eigenvalue weighted by Crippen LogP contribution is -2.35. The predicted octanol–water partition coefficient (Wildman–Crippen LogP) is 3.40. The molecule has 1 atom stereocenters. The number of carbonyl (C=O) groups excluding carboxylic acids is 3. The van der Waals surface area contributed by atoms with Crippen LogP contribution in [-0.4, -0.2) is 72.1 Å². The topological polar surface area (TPSA) is 117 Å². The van der Waals surface area contributed by atoms with E-state index in [2.05, 4.69) is 0 Å². The number of ether oxygens (including phenoxy) is 2. The molecule has 4 rings (SSSR count). The van der Waals surface area contributed by atoms with Crippen molar-refractivity contribution in [1.82, 2.24) is 9.80 Å². The van der Waals surface area contributed by atoms with E-state index >= 15 is 0 Å². The lowest BCUT2D eigenvalue weighted by Gasteiger charge is -2.31. The van der Waals surface area contributed by atoms with E-state index < -0.39 is 17.4 Å². The molecule has 1 heterocycles. The molecule has 0 fully saturated rings. The highest BCUT2D eigenvalue weighted by atomic mass is 16.5. The maximum atomic E-state index is 12.6. The van der Waals surface area contributed by atoms with Crippen molar-refractivity contribution in [1.29, 1.82) is 0 Å². The molecule has 0 saturated heterocycles.